The minimum atomic E-state index is -0.365. The predicted molar refractivity (Wildman–Crippen MR) is 488 cm³/mol. The SMILES string of the molecule is COC(=O)CCCC1(c2ccccc2)C23c4c5c6c7c8c4c4c2c2c9c%10c%11cc%12c9c9c%13c2c2c%14c%15c%16c(cc(c8c%16c24)C7C=CC6=C2C=CC%11C(C25)C%1013)CC%15=CC(C=C9C%12)C%13%14.O=C(CO)CCCC1(c2ccccc2)C23c4c5c6c7c8c4c4c2c2c9c%10c%11cc%12c9c9c%13c2c2c%14c%15c%16c(cc(c8c%16c24)C7C=CC6=C2C=CC%11C(C25)C%1013)CC%15=CC(C=C9C%12)C%13%14. The number of rotatable bonds is 11. The monoisotopic (exact) mass is 1570 g/mol. The third-order valence-electron chi connectivity index (χ3n) is 43.1. The molecule has 2 fully saturated rings. The number of carbonyl (C=O) groups is 2. The van der Waals surface area contributed by atoms with Crippen molar-refractivity contribution in [2.24, 2.45) is 23.7 Å². The Kier molecular flexibility index (Phi) is 7.41. The number of carbonyl (C=O) groups excluding carboxylic acids is 2. The van der Waals surface area contributed by atoms with Crippen LogP contribution >= 0.6 is 0 Å². The Morgan fingerprint density at radius 2 is 0.750 bits per heavy atom. The van der Waals surface area contributed by atoms with E-state index >= 15 is 0 Å². The van der Waals surface area contributed by atoms with Crippen LogP contribution in [-0.4, -0.2) is 30.6 Å². The van der Waals surface area contributed by atoms with E-state index in [-0.39, 0.29) is 50.8 Å². The van der Waals surface area contributed by atoms with Gasteiger partial charge in [0.2, 0.25) is 0 Å². The second-order valence-electron chi connectivity index (χ2n) is 44.7. The van der Waals surface area contributed by atoms with E-state index in [2.05, 4.69) is 158 Å². The van der Waals surface area contributed by atoms with E-state index < -0.39 is 0 Å². The minimum absolute atomic E-state index is 0.0200. The van der Waals surface area contributed by atoms with E-state index in [4.69, 9.17) is 4.74 Å². The Morgan fingerprint density at radius 1 is 0.371 bits per heavy atom. The highest BCUT2D eigenvalue weighted by molar-refractivity contribution is 6.52. The van der Waals surface area contributed by atoms with Gasteiger partial charge in [-0.05, 0) is 404 Å². The van der Waals surface area contributed by atoms with Gasteiger partial charge < -0.3 is 9.84 Å². The fraction of sp³-hybridized carbons (Fsp3) is 0.250. The number of aliphatic hydroxyl groups excluding tert-OH is 1. The number of benzene rings is 16. The maximum Gasteiger partial charge on any atom is 0.305 e. The molecule has 4 spiro atoms. The van der Waals surface area contributed by atoms with Gasteiger partial charge in [-0.25, -0.2) is 0 Å². The van der Waals surface area contributed by atoms with Crippen molar-refractivity contribution in [3.8, 4) is 0 Å². The Morgan fingerprint density at radius 3 is 1.19 bits per heavy atom. The molecule has 568 valence electrons. The van der Waals surface area contributed by atoms with E-state index in [1.165, 1.54) is 22.3 Å². The highest BCUT2D eigenvalue weighted by Gasteiger charge is 2.99. The molecule has 18 unspecified atom stereocenters. The van der Waals surface area contributed by atoms with Crippen molar-refractivity contribution < 1.29 is 19.4 Å². The number of allylic oxidation sites excluding steroid dienone is 20. The molecule has 124 heavy (non-hydrogen) atoms. The Hall–Kier alpha value is -12.3. The van der Waals surface area contributed by atoms with Crippen LogP contribution in [0.15, 0.2) is 169 Å². The van der Waals surface area contributed by atoms with E-state index in [0.29, 0.717) is 83.9 Å². The molecule has 2 saturated carbocycles. The first-order valence-electron chi connectivity index (χ1n) is 47.5. The number of ether oxygens (including phenoxy) is 1. The molecule has 0 heterocycles. The molecule has 1 N–H and O–H groups in total. The number of ketones is 1. The van der Waals surface area contributed by atoms with Gasteiger partial charge in [-0.3, -0.25) is 9.59 Å². The van der Waals surface area contributed by atoms with Gasteiger partial charge in [0.15, 0.2) is 5.78 Å². The van der Waals surface area contributed by atoms with Crippen molar-refractivity contribution in [2.75, 3.05) is 13.7 Å². The van der Waals surface area contributed by atoms with Crippen LogP contribution in [0.1, 0.15) is 253 Å². The predicted octanol–water partition coefficient (Wildman–Crippen LogP) is 24.0. The van der Waals surface area contributed by atoms with Gasteiger partial charge in [-0.15, -0.1) is 0 Å². The van der Waals surface area contributed by atoms with E-state index in [0.717, 1.165) is 51.4 Å². The van der Waals surface area contributed by atoms with Gasteiger partial charge in [0.25, 0.3) is 0 Å². The summed E-state index contributed by atoms with van der Waals surface area (Å²) in [6.45, 7) is -0.365. The summed E-state index contributed by atoms with van der Waals surface area (Å²) in [5.74, 6) is 4.37. The van der Waals surface area contributed by atoms with Crippen LogP contribution in [0.3, 0.4) is 0 Å². The molecular weight excluding hydrogens is 1510 g/mol. The number of hydrogen-bond acceptors (Lipinski definition) is 4. The Bertz CT molecular complexity index is 9100. The largest absolute Gasteiger partial charge is 0.469 e. The Labute approximate surface area is 706 Å². The van der Waals surface area contributed by atoms with Crippen LogP contribution in [0, 0.1) is 23.7 Å². The highest BCUT2D eigenvalue weighted by atomic mass is 16.5. The average molecular weight is 1570 g/mol. The lowest BCUT2D eigenvalue weighted by Gasteiger charge is -2.44. The Balaban J connectivity index is 0.000000101. The summed E-state index contributed by atoms with van der Waals surface area (Å²) in [5, 5.41) is 49.6. The first kappa shape index (κ1) is 57.9. The van der Waals surface area contributed by atoms with Crippen molar-refractivity contribution in [1.29, 1.82) is 0 Å². The van der Waals surface area contributed by atoms with Gasteiger partial charge in [-0.2, -0.15) is 0 Å². The van der Waals surface area contributed by atoms with Crippen LogP contribution in [0.2, 0.25) is 0 Å². The molecule has 0 bridgehead atoms. The fourth-order valence-electron chi connectivity index (χ4n) is 42.3. The molecule has 0 radical (unpaired) electrons. The summed E-state index contributed by atoms with van der Waals surface area (Å²) in [4.78, 5) is 26.6. The molecule has 4 nitrogen and oxygen atoms in total. The van der Waals surface area contributed by atoms with Crippen LogP contribution < -0.4 is 0 Å². The third-order valence-corrected chi connectivity index (χ3v) is 43.1. The quantitative estimate of drug-likeness (QED) is 0.0796. The van der Waals surface area contributed by atoms with Gasteiger partial charge >= 0.3 is 5.97 Å². The van der Waals surface area contributed by atoms with Crippen molar-refractivity contribution in [2.45, 2.75) is 144 Å². The lowest BCUT2D eigenvalue weighted by molar-refractivity contribution is -0.140. The molecule has 18 atom stereocenters. The molecule has 0 saturated heterocycles. The van der Waals surface area contributed by atoms with Crippen LogP contribution in [-0.2, 0) is 72.5 Å². The van der Waals surface area contributed by atoms with E-state index in [1.54, 1.807) is 326 Å². The molecule has 44 rings (SSSR count). The summed E-state index contributed by atoms with van der Waals surface area (Å²) in [6, 6.07) is 34.9. The van der Waals surface area contributed by atoms with Crippen molar-refractivity contribution in [3.05, 3.63) is 336 Å². The smallest absolute Gasteiger partial charge is 0.305 e. The standard InChI is InChI=1S/2C60H32O2/c1-62-32(61)8-5-13-58(25-6-3-2-4-7-25)59-54-29-12-11-27-26-9-10-28-30-18-23-16-20-14-22-15-21-17-24-19-31(29)55(59)49-36(24)34(21)43-37(22)42-33(20)35(23)44-40(30)45-38(28)39(26)50(41(27)54)56-51(45)53-48(44)46(42)47(43)52(49)57(53)60(56,58)59;61-19-26(62)7-4-12-58(25-5-2-1-3-6-25)59-54-30-11-10-28-27-8-9-29-31-17-23-15-20-13-22-14-21-16-24-18-32(30)55(59)49-36(24)34(21)43-37(22)42-33(20)35(23)44-40(31)45-38(29)39(27)50(41(28)54)56-51(45)53-48(44)46(42)47(43)52(49)57(53)60(56,58)59/h2-4,6-7,9-12,14-15,18-19,22,28-29,37,41,54H,5,8,13,16-17H2,1H3;1-3,5-6,8-11,13-14,17-18,22,29-30,37,41,54,61H,4,7,12,15-16,19H2. The van der Waals surface area contributed by atoms with E-state index in [9.17, 15) is 14.7 Å². The lowest BCUT2D eigenvalue weighted by Crippen LogP contribution is -2.40. The summed E-state index contributed by atoms with van der Waals surface area (Å²) in [7, 11) is 1.58. The average Bonchev–Trinajstić information content (AvgIpc) is 1.37. The molecule has 28 aliphatic rings. The van der Waals surface area contributed by atoms with Crippen molar-refractivity contribution >= 4 is 174 Å². The van der Waals surface area contributed by atoms with Gasteiger partial charge in [0.1, 0.15) is 6.61 Å². The highest BCUT2D eigenvalue weighted by Crippen LogP contribution is 3.01. The zero-order valence-electron chi connectivity index (χ0n) is 67.4. The summed E-state index contributed by atoms with van der Waals surface area (Å²) >= 11 is 0. The number of aliphatic hydroxyl groups is 1. The molecule has 0 aliphatic heterocycles. The fourth-order valence-corrected chi connectivity index (χ4v) is 42.3. The zero-order chi connectivity index (χ0) is 77.7. The first-order valence-corrected chi connectivity index (χ1v) is 47.5. The normalized spacial score (nSPS) is 34.2. The van der Waals surface area contributed by atoms with Gasteiger partial charge in [0, 0.05) is 105 Å². The van der Waals surface area contributed by atoms with Crippen LogP contribution in [0.5, 0.6) is 0 Å². The molecule has 4 heteroatoms. The number of hydrogen-bond donors (Lipinski definition) is 1. The van der Waals surface area contributed by atoms with Crippen molar-refractivity contribution in [1.82, 2.24) is 0 Å². The summed E-state index contributed by atoms with van der Waals surface area (Å²) in [6.07, 6.45) is 40.9. The maximum absolute atomic E-state index is 13.3. The van der Waals surface area contributed by atoms with E-state index in [1.807, 2.05) is 0 Å². The minimum Gasteiger partial charge on any atom is -0.469 e. The maximum atomic E-state index is 13.3. The topological polar surface area (TPSA) is 63.6 Å². The summed E-state index contributed by atoms with van der Waals surface area (Å²) < 4.78 is 5.44. The third kappa shape index (κ3) is 4.25. The zero-order valence-corrected chi connectivity index (χ0v) is 67.4. The van der Waals surface area contributed by atoms with Gasteiger partial charge in [-0.1, -0.05) is 158 Å². The lowest BCUT2D eigenvalue weighted by atomic mass is 9.57. The second-order valence-corrected chi connectivity index (χ2v) is 44.7. The number of Topliss-reactive ketones (excluding diaryl/α,β-unsaturated/α-hetero) is 1. The second kappa shape index (κ2) is 15.9. The molecule has 16 aromatic rings. The van der Waals surface area contributed by atoms with Crippen LogP contribution in [0.25, 0.3) is 163 Å². The molecule has 16 aromatic carbocycles. The molecule has 0 amide bonds. The summed E-state index contributed by atoms with van der Waals surface area (Å²) in [5.41, 5.74) is 61.1. The molecular formula is C120H64O4. The number of fused-ring (bicyclic) bond motifs is 4. The van der Waals surface area contributed by atoms with Crippen LogP contribution in [0.4, 0.5) is 0 Å². The number of esters is 1. The molecule has 28 aliphatic carbocycles. The number of methoxy groups -OCH3 is 1. The van der Waals surface area contributed by atoms with Crippen molar-refractivity contribution in [3.63, 3.8) is 0 Å². The van der Waals surface area contributed by atoms with Gasteiger partial charge in [0.05, 0.1) is 7.11 Å². The molecule has 0 aromatic heterocycles. The first-order chi connectivity index (χ1) is 61.3.